The number of aromatic nitrogens is 1. The molecule has 0 fully saturated rings. The molecule has 0 unspecified atom stereocenters. The summed E-state index contributed by atoms with van der Waals surface area (Å²) in [7, 11) is 1.38. The predicted octanol–water partition coefficient (Wildman–Crippen LogP) is 1.69. The molecule has 3 amide bonds. The highest BCUT2D eigenvalue weighted by Crippen LogP contribution is 2.31. The molecule has 1 aromatic heterocycles. The zero-order chi connectivity index (χ0) is 23.3. The van der Waals surface area contributed by atoms with Gasteiger partial charge in [0.15, 0.2) is 5.13 Å². The first kappa shape index (κ1) is 24.3. The van der Waals surface area contributed by atoms with Crippen molar-refractivity contribution in [1.29, 1.82) is 0 Å². The average molecular weight is 461 g/mol. The van der Waals surface area contributed by atoms with Gasteiger partial charge < -0.3 is 26.0 Å². The highest BCUT2D eigenvalue weighted by Gasteiger charge is 2.31. The zero-order valence-corrected chi connectivity index (χ0v) is 17.8. The van der Waals surface area contributed by atoms with Crippen molar-refractivity contribution >= 4 is 44.4 Å². The maximum Gasteiger partial charge on any atom is 0.573 e. The summed E-state index contributed by atoms with van der Waals surface area (Å²) >= 11 is 0.957. The summed E-state index contributed by atoms with van der Waals surface area (Å²) in [5.41, 5.74) is 6.07. The molecule has 0 spiro atoms. The number of alkyl halides is 3. The van der Waals surface area contributed by atoms with Gasteiger partial charge in [-0.25, -0.2) is 4.98 Å². The molecule has 0 saturated carbocycles. The number of halogens is 3. The lowest BCUT2D eigenvalue weighted by atomic mass is 10.1. The second kappa shape index (κ2) is 9.92. The van der Waals surface area contributed by atoms with Crippen LogP contribution < -0.4 is 21.1 Å². The number of thiazole rings is 1. The lowest BCUT2D eigenvalue weighted by molar-refractivity contribution is -0.274. The first-order chi connectivity index (χ1) is 14.4. The normalized spacial score (nSPS) is 12.5. The number of nitrogens with zero attached hydrogens (tertiary/aromatic N) is 2. The Bertz CT molecular complexity index is 963. The molecule has 4 N–H and O–H groups in total. The van der Waals surface area contributed by atoms with Gasteiger partial charge in [0.1, 0.15) is 5.75 Å². The number of rotatable bonds is 8. The van der Waals surface area contributed by atoms with Crippen LogP contribution in [-0.2, 0) is 14.4 Å². The fourth-order valence-corrected chi connectivity index (χ4v) is 3.25. The molecule has 0 aliphatic carbocycles. The number of carbonyl (C=O) groups is 3. The van der Waals surface area contributed by atoms with Crippen LogP contribution in [0.4, 0.5) is 18.3 Å². The van der Waals surface area contributed by atoms with E-state index in [9.17, 15) is 27.6 Å². The first-order valence-electron chi connectivity index (χ1n) is 9.09. The minimum atomic E-state index is -4.81. The van der Waals surface area contributed by atoms with Crippen molar-refractivity contribution in [3.8, 4) is 5.75 Å². The van der Waals surface area contributed by atoms with E-state index < -0.39 is 35.9 Å². The van der Waals surface area contributed by atoms with E-state index in [-0.39, 0.29) is 24.1 Å². The van der Waals surface area contributed by atoms with Gasteiger partial charge in [-0.1, -0.05) is 25.2 Å². The highest BCUT2D eigenvalue weighted by molar-refractivity contribution is 7.22. The summed E-state index contributed by atoms with van der Waals surface area (Å²) in [5.74, 6) is -2.02. The Morgan fingerprint density at radius 3 is 2.58 bits per heavy atom. The third-order valence-corrected chi connectivity index (χ3v) is 5.01. The van der Waals surface area contributed by atoms with Crippen LogP contribution in [-0.4, -0.2) is 60.1 Å². The quantitative estimate of drug-likeness (QED) is 0.549. The summed E-state index contributed by atoms with van der Waals surface area (Å²) in [4.78, 5) is 41.3. The smallest absolute Gasteiger partial charge is 0.406 e. The molecule has 0 saturated heterocycles. The van der Waals surface area contributed by atoms with E-state index in [1.165, 1.54) is 13.1 Å². The molecule has 2 aromatic rings. The zero-order valence-electron chi connectivity index (χ0n) is 16.9. The number of nitrogens with one attached hydrogen (secondary N) is 2. The van der Waals surface area contributed by atoms with Crippen molar-refractivity contribution in [1.82, 2.24) is 15.2 Å². The number of anilines is 1. The van der Waals surface area contributed by atoms with Crippen molar-refractivity contribution in [2.45, 2.75) is 26.3 Å². The Morgan fingerprint density at radius 1 is 1.29 bits per heavy atom. The molecule has 13 heteroatoms. The Balaban J connectivity index is 1.90. The highest BCUT2D eigenvalue weighted by atomic mass is 32.1. The lowest BCUT2D eigenvalue weighted by Gasteiger charge is -2.19. The summed E-state index contributed by atoms with van der Waals surface area (Å²) in [6, 6.07) is 2.87. The van der Waals surface area contributed by atoms with Gasteiger partial charge in [0.05, 0.1) is 29.3 Å². The molecule has 1 aromatic carbocycles. The molecule has 0 aliphatic rings. The van der Waals surface area contributed by atoms with Gasteiger partial charge in [0, 0.05) is 13.1 Å². The Kier molecular flexibility index (Phi) is 7.79. The van der Waals surface area contributed by atoms with Crippen LogP contribution in [0.5, 0.6) is 5.75 Å². The third-order valence-electron chi connectivity index (χ3n) is 4.08. The number of carbonyl (C=O) groups excluding carboxylic acids is 3. The summed E-state index contributed by atoms with van der Waals surface area (Å²) in [6.45, 7) is 2.92. The number of benzene rings is 1. The van der Waals surface area contributed by atoms with Gasteiger partial charge in [-0.2, -0.15) is 0 Å². The van der Waals surface area contributed by atoms with Crippen molar-refractivity contribution in [3.63, 3.8) is 0 Å². The van der Waals surface area contributed by atoms with E-state index in [4.69, 9.17) is 5.73 Å². The molecule has 9 nitrogen and oxygen atoms in total. The van der Waals surface area contributed by atoms with E-state index in [2.05, 4.69) is 20.4 Å². The van der Waals surface area contributed by atoms with Gasteiger partial charge >= 0.3 is 6.36 Å². The number of ether oxygens (including phenoxy) is 1. The Morgan fingerprint density at radius 2 is 1.97 bits per heavy atom. The minimum absolute atomic E-state index is 0.0940. The standard InChI is InChI=1S/C18H22F3N5O4S/c1-9(2)15(22)16(29)23-7-14(28)26(3)8-13(27)25-17-24-11-5-4-10(6-12(11)31-17)30-18(19,20)21/h4-6,9,15H,7-8,22H2,1-3H3,(H,23,29)(H,24,25,27)/t15-/m1/s1. The lowest BCUT2D eigenvalue weighted by Crippen LogP contribution is -2.48. The van der Waals surface area contributed by atoms with Crippen LogP contribution in [0.3, 0.4) is 0 Å². The van der Waals surface area contributed by atoms with Gasteiger partial charge in [-0.15, -0.1) is 13.2 Å². The molecule has 31 heavy (non-hydrogen) atoms. The maximum atomic E-state index is 12.3. The van der Waals surface area contributed by atoms with Crippen molar-refractivity contribution in [3.05, 3.63) is 18.2 Å². The fourth-order valence-electron chi connectivity index (χ4n) is 2.34. The average Bonchev–Trinajstić information content (AvgIpc) is 3.04. The molecule has 2 rings (SSSR count). The van der Waals surface area contributed by atoms with Crippen LogP contribution in [0, 0.1) is 5.92 Å². The molecule has 1 atom stereocenters. The molecule has 170 valence electrons. The fraction of sp³-hybridized carbons (Fsp3) is 0.444. The van der Waals surface area contributed by atoms with E-state index in [1.54, 1.807) is 13.8 Å². The molecule has 0 bridgehead atoms. The van der Waals surface area contributed by atoms with Crippen LogP contribution in [0.15, 0.2) is 18.2 Å². The van der Waals surface area contributed by atoms with Crippen LogP contribution in [0.1, 0.15) is 13.8 Å². The van der Waals surface area contributed by atoms with Crippen LogP contribution in [0.2, 0.25) is 0 Å². The summed E-state index contributed by atoms with van der Waals surface area (Å²) < 4.78 is 41.2. The van der Waals surface area contributed by atoms with E-state index in [1.807, 2.05) is 0 Å². The van der Waals surface area contributed by atoms with Gasteiger partial charge in [0.25, 0.3) is 0 Å². The first-order valence-corrected chi connectivity index (χ1v) is 9.91. The summed E-state index contributed by atoms with van der Waals surface area (Å²) in [6.07, 6.45) is -4.81. The van der Waals surface area contributed by atoms with Gasteiger partial charge in [0.2, 0.25) is 17.7 Å². The second-order valence-corrected chi connectivity index (χ2v) is 8.01. The van der Waals surface area contributed by atoms with E-state index >= 15 is 0 Å². The van der Waals surface area contributed by atoms with E-state index in [0.29, 0.717) is 10.2 Å². The van der Waals surface area contributed by atoms with Crippen LogP contribution >= 0.6 is 11.3 Å². The number of amides is 3. The van der Waals surface area contributed by atoms with Crippen molar-refractivity contribution < 1.29 is 32.3 Å². The maximum absolute atomic E-state index is 12.3. The molecular weight excluding hydrogens is 439 g/mol. The van der Waals surface area contributed by atoms with Crippen LogP contribution in [0.25, 0.3) is 10.2 Å². The molecule has 0 aliphatic heterocycles. The van der Waals surface area contributed by atoms with E-state index in [0.717, 1.165) is 28.4 Å². The van der Waals surface area contributed by atoms with Crippen molar-refractivity contribution in [2.24, 2.45) is 11.7 Å². The minimum Gasteiger partial charge on any atom is -0.406 e. The molecule has 1 heterocycles. The summed E-state index contributed by atoms with van der Waals surface area (Å²) in [5, 5.41) is 5.06. The van der Waals surface area contributed by atoms with Crippen molar-refractivity contribution in [2.75, 3.05) is 25.5 Å². The monoisotopic (exact) mass is 461 g/mol. The number of nitrogens with two attached hydrogens (primary N) is 1. The number of hydrogen-bond donors (Lipinski definition) is 3. The Hall–Kier alpha value is -2.93. The molecular formula is C18H22F3N5O4S. The van der Waals surface area contributed by atoms with Gasteiger partial charge in [-0.3, -0.25) is 14.4 Å². The Labute approximate surface area is 179 Å². The topological polar surface area (TPSA) is 127 Å². The second-order valence-electron chi connectivity index (χ2n) is 6.98. The number of hydrogen-bond acceptors (Lipinski definition) is 7. The molecule has 0 radical (unpaired) electrons. The SMILES string of the molecule is CC(C)[C@@H](N)C(=O)NCC(=O)N(C)CC(=O)Nc1nc2ccc(OC(F)(F)F)cc2s1. The third kappa shape index (κ3) is 7.36. The predicted molar refractivity (Wildman–Crippen MR) is 108 cm³/mol. The largest absolute Gasteiger partial charge is 0.573 e. The number of fused-ring (bicyclic) bond motifs is 1. The van der Waals surface area contributed by atoms with Gasteiger partial charge in [-0.05, 0) is 18.1 Å². The number of likely N-dealkylation sites (N-methyl/N-ethyl adjacent to an activating group) is 1.